The van der Waals surface area contributed by atoms with Crippen LogP contribution in [0.2, 0.25) is 0 Å². The first-order valence-corrected chi connectivity index (χ1v) is 7.00. The molecule has 19 heavy (non-hydrogen) atoms. The predicted octanol–water partition coefficient (Wildman–Crippen LogP) is 0.711. The van der Waals surface area contributed by atoms with E-state index in [2.05, 4.69) is 10.6 Å². The van der Waals surface area contributed by atoms with Crippen LogP contribution in [-0.2, 0) is 9.59 Å². The van der Waals surface area contributed by atoms with E-state index in [0.29, 0.717) is 0 Å². The van der Waals surface area contributed by atoms with E-state index in [1.807, 2.05) is 0 Å². The summed E-state index contributed by atoms with van der Waals surface area (Å²) < 4.78 is 0. The van der Waals surface area contributed by atoms with Gasteiger partial charge in [-0.2, -0.15) is 0 Å². The first-order valence-electron chi connectivity index (χ1n) is 7.00. The number of halogens is 1. The van der Waals surface area contributed by atoms with Crippen molar-refractivity contribution in [1.82, 2.24) is 10.6 Å². The first kappa shape index (κ1) is 16.2. The summed E-state index contributed by atoms with van der Waals surface area (Å²) in [4.78, 5) is 23.1. The number of hydrogen-bond acceptors (Lipinski definition) is 3. The molecule has 1 heterocycles. The molecule has 5 nitrogen and oxygen atoms in total. The van der Waals surface area contributed by atoms with Crippen molar-refractivity contribution in [3.05, 3.63) is 0 Å². The summed E-state index contributed by atoms with van der Waals surface area (Å²) in [5.41, 5.74) is 5.29. The Hall–Kier alpha value is -0.810. The molecular weight excluding hydrogens is 266 g/mol. The lowest BCUT2D eigenvalue weighted by atomic mass is 9.85. The fourth-order valence-electron chi connectivity index (χ4n) is 2.90. The van der Waals surface area contributed by atoms with Gasteiger partial charge >= 0.3 is 0 Å². The largest absolute Gasteiger partial charge is 0.369 e. The standard InChI is InChI=1S/C13H23N3O2.ClH/c14-12(17)9-4-6-10(7-5-9)16-13(18)11-3-1-2-8-15-11;/h9-11,15H,1-8H2,(H2,14,17)(H,16,18);1H/t9?,10?,11-;/m1./s1. The Bertz CT molecular complexity index is 311. The molecule has 0 aromatic heterocycles. The zero-order valence-electron chi connectivity index (χ0n) is 11.2. The number of carbonyl (C=O) groups excluding carboxylic acids is 2. The third-order valence-electron chi connectivity index (χ3n) is 4.10. The highest BCUT2D eigenvalue weighted by molar-refractivity contribution is 5.85. The van der Waals surface area contributed by atoms with Crippen molar-refractivity contribution in [2.24, 2.45) is 11.7 Å². The molecule has 0 spiro atoms. The molecule has 0 radical (unpaired) electrons. The Labute approximate surface area is 120 Å². The molecule has 0 aromatic carbocycles. The second kappa shape index (κ2) is 7.70. The van der Waals surface area contributed by atoms with Crippen LogP contribution in [0.1, 0.15) is 44.9 Å². The van der Waals surface area contributed by atoms with Gasteiger partial charge in [0.1, 0.15) is 0 Å². The molecule has 2 aliphatic rings. The molecule has 2 fully saturated rings. The third-order valence-corrected chi connectivity index (χ3v) is 4.10. The Balaban J connectivity index is 0.00000180. The molecule has 110 valence electrons. The van der Waals surface area contributed by atoms with Gasteiger partial charge in [0.05, 0.1) is 6.04 Å². The van der Waals surface area contributed by atoms with Crippen LogP contribution in [0.3, 0.4) is 0 Å². The van der Waals surface area contributed by atoms with Crippen molar-refractivity contribution < 1.29 is 9.59 Å². The molecule has 1 aliphatic carbocycles. The van der Waals surface area contributed by atoms with E-state index in [9.17, 15) is 9.59 Å². The maximum atomic E-state index is 12.0. The van der Waals surface area contributed by atoms with E-state index in [1.54, 1.807) is 0 Å². The number of rotatable bonds is 3. The van der Waals surface area contributed by atoms with Gasteiger partial charge in [-0.1, -0.05) is 6.42 Å². The zero-order valence-corrected chi connectivity index (χ0v) is 12.0. The second-order valence-electron chi connectivity index (χ2n) is 5.46. The third kappa shape index (κ3) is 4.66. The fourth-order valence-corrected chi connectivity index (χ4v) is 2.90. The van der Waals surface area contributed by atoms with Gasteiger partial charge in [0, 0.05) is 12.0 Å². The highest BCUT2D eigenvalue weighted by Gasteiger charge is 2.28. The van der Waals surface area contributed by atoms with Gasteiger partial charge in [-0.25, -0.2) is 0 Å². The predicted molar refractivity (Wildman–Crippen MR) is 76.0 cm³/mol. The SMILES string of the molecule is Cl.NC(=O)C1CCC(NC(=O)[C@H]2CCCCN2)CC1. The molecule has 1 saturated carbocycles. The normalized spacial score (nSPS) is 31.1. The van der Waals surface area contributed by atoms with Gasteiger partial charge in [-0.15, -0.1) is 12.4 Å². The lowest BCUT2D eigenvalue weighted by Gasteiger charge is -2.30. The minimum Gasteiger partial charge on any atom is -0.369 e. The number of hydrogen-bond donors (Lipinski definition) is 3. The maximum Gasteiger partial charge on any atom is 0.237 e. The van der Waals surface area contributed by atoms with Crippen LogP contribution >= 0.6 is 12.4 Å². The summed E-state index contributed by atoms with van der Waals surface area (Å²) in [5, 5.41) is 6.34. The molecule has 0 bridgehead atoms. The Morgan fingerprint density at radius 2 is 1.74 bits per heavy atom. The highest BCUT2D eigenvalue weighted by Crippen LogP contribution is 2.24. The molecule has 4 N–H and O–H groups in total. The number of primary amides is 1. The maximum absolute atomic E-state index is 12.0. The number of carbonyl (C=O) groups is 2. The van der Waals surface area contributed by atoms with Crippen LogP contribution in [-0.4, -0.2) is 30.4 Å². The van der Waals surface area contributed by atoms with Crippen LogP contribution in [0.25, 0.3) is 0 Å². The molecule has 1 aliphatic heterocycles. The smallest absolute Gasteiger partial charge is 0.237 e. The molecule has 2 amide bonds. The van der Waals surface area contributed by atoms with Crippen molar-refractivity contribution in [3.8, 4) is 0 Å². The first-order chi connectivity index (χ1) is 8.66. The van der Waals surface area contributed by atoms with Crippen LogP contribution in [0.5, 0.6) is 0 Å². The summed E-state index contributed by atoms with van der Waals surface area (Å²) in [6, 6.07) is 0.199. The summed E-state index contributed by atoms with van der Waals surface area (Å²) in [7, 11) is 0. The van der Waals surface area contributed by atoms with Gasteiger partial charge in [0.2, 0.25) is 11.8 Å². The lowest BCUT2D eigenvalue weighted by molar-refractivity contribution is -0.125. The van der Waals surface area contributed by atoms with Crippen LogP contribution in [0, 0.1) is 5.92 Å². The monoisotopic (exact) mass is 289 g/mol. The molecule has 2 rings (SSSR count). The van der Waals surface area contributed by atoms with E-state index in [0.717, 1.165) is 51.5 Å². The lowest BCUT2D eigenvalue weighted by Crippen LogP contribution is -2.50. The van der Waals surface area contributed by atoms with Crippen molar-refractivity contribution in [1.29, 1.82) is 0 Å². The Morgan fingerprint density at radius 3 is 2.26 bits per heavy atom. The Kier molecular flexibility index (Phi) is 6.58. The van der Waals surface area contributed by atoms with Crippen molar-refractivity contribution >= 4 is 24.2 Å². The van der Waals surface area contributed by atoms with Gasteiger partial charge < -0.3 is 16.4 Å². The van der Waals surface area contributed by atoms with E-state index < -0.39 is 0 Å². The van der Waals surface area contributed by atoms with Crippen LogP contribution < -0.4 is 16.4 Å². The van der Waals surface area contributed by atoms with Crippen LogP contribution in [0.15, 0.2) is 0 Å². The summed E-state index contributed by atoms with van der Waals surface area (Å²) in [5.74, 6) is -0.0723. The molecule has 1 atom stereocenters. The molecule has 6 heteroatoms. The van der Waals surface area contributed by atoms with E-state index in [4.69, 9.17) is 5.73 Å². The van der Waals surface area contributed by atoms with Crippen molar-refractivity contribution in [2.75, 3.05) is 6.54 Å². The molecule has 0 unspecified atom stereocenters. The molecule has 1 saturated heterocycles. The average molecular weight is 290 g/mol. The number of nitrogens with one attached hydrogen (secondary N) is 2. The van der Waals surface area contributed by atoms with E-state index in [-0.39, 0.29) is 42.2 Å². The topological polar surface area (TPSA) is 84.2 Å². The zero-order chi connectivity index (χ0) is 13.0. The fraction of sp³-hybridized carbons (Fsp3) is 0.846. The molecular formula is C13H24ClN3O2. The minimum absolute atomic E-state index is 0. The molecule has 0 aromatic rings. The van der Waals surface area contributed by atoms with Crippen molar-refractivity contribution in [3.63, 3.8) is 0 Å². The van der Waals surface area contributed by atoms with E-state index in [1.165, 1.54) is 0 Å². The summed E-state index contributed by atoms with van der Waals surface area (Å²) >= 11 is 0. The average Bonchev–Trinajstić information content (AvgIpc) is 2.40. The number of nitrogens with two attached hydrogens (primary N) is 1. The summed E-state index contributed by atoms with van der Waals surface area (Å²) in [6.45, 7) is 0.937. The quantitative estimate of drug-likeness (QED) is 0.715. The van der Waals surface area contributed by atoms with Gasteiger partial charge in [-0.05, 0) is 45.1 Å². The van der Waals surface area contributed by atoms with Gasteiger partial charge in [0.25, 0.3) is 0 Å². The van der Waals surface area contributed by atoms with Gasteiger partial charge in [0.15, 0.2) is 0 Å². The van der Waals surface area contributed by atoms with Crippen LogP contribution in [0.4, 0.5) is 0 Å². The number of piperidine rings is 1. The van der Waals surface area contributed by atoms with Gasteiger partial charge in [-0.3, -0.25) is 9.59 Å². The highest BCUT2D eigenvalue weighted by atomic mass is 35.5. The second-order valence-corrected chi connectivity index (χ2v) is 5.46. The summed E-state index contributed by atoms with van der Waals surface area (Å²) in [6.07, 6.45) is 6.56. The van der Waals surface area contributed by atoms with Crippen molar-refractivity contribution in [2.45, 2.75) is 57.0 Å². The number of amides is 2. The van der Waals surface area contributed by atoms with E-state index >= 15 is 0 Å². The Morgan fingerprint density at radius 1 is 1.05 bits per heavy atom. The minimum atomic E-state index is -0.200.